The number of anilines is 1. The molecule has 0 spiro atoms. The number of fused-ring (bicyclic) bond motifs is 1. The number of hydrogen-bond acceptors (Lipinski definition) is 1. The smallest absolute Gasteiger partial charge is 0.153 e. The molecule has 0 aliphatic heterocycles. The Hall–Kier alpha value is -1.64. The number of nitrogen functional groups attached to an aromatic ring is 1. The van der Waals surface area contributed by atoms with Crippen LogP contribution in [-0.2, 0) is 0 Å². The molecule has 0 amide bonds. The summed E-state index contributed by atoms with van der Waals surface area (Å²) < 4.78 is 26.0. The molecule has 0 bridgehead atoms. The van der Waals surface area contributed by atoms with Crippen molar-refractivity contribution in [3.63, 3.8) is 0 Å². The Kier molecular flexibility index (Phi) is 1.65. The molecular weight excluding hydrogens is 172 g/mol. The highest BCUT2D eigenvalue weighted by Gasteiger charge is 2.04. The van der Waals surface area contributed by atoms with Gasteiger partial charge in [-0.2, -0.15) is 0 Å². The molecule has 0 saturated heterocycles. The fraction of sp³-hybridized carbons (Fsp3) is 0. The van der Waals surface area contributed by atoms with Gasteiger partial charge in [0.25, 0.3) is 0 Å². The van der Waals surface area contributed by atoms with E-state index in [4.69, 9.17) is 5.73 Å². The Labute approximate surface area is 73.8 Å². The zero-order valence-corrected chi connectivity index (χ0v) is 6.72. The third-order valence-electron chi connectivity index (χ3n) is 1.95. The van der Waals surface area contributed by atoms with E-state index in [1.54, 1.807) is 6.07 Å². The minimum Gasteiger partial charge on any atom is -0.396 e. The second-order valence-corrected chi connectivity index (χ2v) is 2.83. The Balaban J connectivity index is 2.87. The summed E-state index contributed by atoms with van der Waals surface area (Å²) in [5, 5.41) is 0.869. The van der Waals surface area contributed by atoms with Crippen molar-refractivity contribution in [1.29, 1.82) is 0 Å². The molecule has 0 heterocycles. The first-order valence-electron chi connectivity index (χ1n) is 3.82. The van der Waals surface area contributed by atoms with Gasteiger partial charge in [-0.3, -0.25) is 0 Å². The molecule has 0 unspecified atom stereocenters. The monoisotopic (exact) mass is 179 g/mol. The molecule has 1 nitrogen and oxygen atoms in total. The van der Waals surface area contributed by atoms with Crippen molar-refractivity contribution >= 4 is 16.5 Å². The van der Waals surface area contributed by atoms with Crippen LogP contribution in [0.25, 0.3) is 10.8 Å². The summed E-state index contributed by atoms with van der Waals surface area (Å²) in [6.07, 6.45) is 0. The van der Waals surface area contributed by atoms with Crippen molar-refractivity contribution in [1.82, 2.24) is 0 Å². The van der Waals surface area contributed by atoms with Crippen molar-refractivity contribution in [2.24, 2.45) is 0 Å². The van der Waals surface area contributed by atoms with Gasteiger partial charge in [-0.25, -0.2) is 8.78 Å². The Morgan fingerprint density at radius 3 is 2.54 bits per heavy atom. The van der Waals surface area contributed by atoms with Crippen LogP contribution >= 0.6 is 0 Å². The predicted octanol–water partition coefficient (Wildman–Crippen LogP) is 2.70. The van der Waals surface area contributed by atoms with Crippen LogP contribution in [0.3, 0.4) is 0 Å². The predicted molar refractivity (Wildman–Crippen MR) is 48.3 cm³/mol. The highest BCUT2D eigenvalue weighted by molar-refractivity contribution is 5.86. The van der Waals surface area contributed by atoms with Gasteiger partial charge in [0, 0.05) is 5.39 Å². The molecule has 0 aliphatic carbocycles. The molecule has 13 heavy (non-hydrogen) atoms. The maximum Gasteiger partial charge on any atom is 0.153 e. The van der Waals surface area contributed by atoms with Gasteiger partial charge in [-0.1, -0.05) is 6.07 Å². The summed E-state index contributed by atoms with van der Waals surface area (Å²) >= 11 is 0. The van der Waals surface area contributed by atoms with Crippen molar-refractivity contribution in [3.8, 4) is 0 Å². The Morgan fingerprint density at radius 1 is 1.00 bits per heavy atom. The molecule has 2 aromatic carbocycles. The topological polar surface area (TPSA) is 26.0 Å². The van der Waals surface area contributed by atoms with E-state index in [9.17, 15) is 8.78 Å². The molecule has 2 rings (SSSR count). The molecule has 2 aromatic rings. The number of rotatable bonds is 0. The van der Waals surface area contributed by atoms with E-state index in [2.05, 4.69) is 0 Å². The van der Waals surface area contributed by atoms with E-state index in [1.807, 2.05) is 0 Å². The van der Waals surface area contributed by atoms with Crippen molar-refractivity contribution in [3.05, 3.63) is 42.0 Å². The molecule has 66 valence electrons. The van der Waals surface area contributed by atoms with Crippen LogP contribution in [0.1, 0.15) is 0 Å². The van der Waals surface area contributed by atoms with Crippen LogP contribution in [-0.4, -0.2) is 0 Å². The Morgan fingerprint density at radius 2 is 1.77 bits per heavy atom. The van der Waals surface area contributed by atoms with Gasteiger partial charge in [0.2, 0.25) is 0 Å². The van der Waals surface area contributed by atoms with Crippen LogP contribution in [0, 0.1) is 11.6 Å². The average Bonchev–Trinajstić information content (AvgIpc) is 2.12. The largest absolute Gasteiger partial charge is 0.396 e. The van der Waals surface area contributed by atoms with E-state index in [1.165, 1.54) is 24.3 Å². The van der Waals surface area contributed by atoms with Gasteiger partial charge >= 0.3 is 0 Å². The number of halogens is 2. The lowest BCUT2D eigenvalue weighted by Crippen LogP contribution is -1.91. The van der Waals surface area contributed by atoms with Crippen LogP contribution in [0.4, 0.5) is 14.5 Å². The molecule has 2 N–H and O–H groups in total. The van der Waals surface area contributed by atoms with Gasteiger partial charge in [-0.15, -0.1) is 0 Å². The number of hydrogen-bond donors (Lipinski definition) is 1. The van der Waals surface area contributed by atoms with E-state index in [0.717, 1.165) is 0 Å². The average molecular weight is 179 g/mol. The standard InChI is InChI=1S/C10H7F2N/c11-7-2-3-8-6(5-7)1-4-9(13)10(8)12/h1-5H,13H2. The molecule has 0 radical (unpaired) electrons. The van der Waals surface area contributed by atoms with Crippen molar-refractivity contribution < 1.29 is 8.78 Å². The lowest BCUT2D eigenvalue weighted by molar-refractivity contribution is 0.627. The first-order valence-corrected chi connectivity index (χ1v) is 3.82. The van der Waals surface area contributed by atoms with E-state index in [0.29, 0.717) is 10.8 Å². The van der Waals surface area contributed by atoms with Crippen LogP contribution in [0.15, 0.2) is 30.3 Å². The lowest BCUT2D eigenvalue weighted by atomic mass is 10.1. The minimum atomic E-state index is -0.488. The highest BCUT2D eigenvalue weighted by Crippen LogP contribution is 2.22. The summed E-state index contributed by atoms with van der Waals surface area (Å²) in [6, 6.07) is 6.90. The third-order valence-corrected chi connectivity index (χ3v) is 1.95. The summed E-state index contributed by atoms with van der Waals surface area (Å²) in [5.74, 6) is -0.867. The molecule has 0 fully saturated rings. The van der Waals surface area contributed by atoms with Gasteiger partial charge < -0.3 is 5.73 Å². The summed E-state index contributed by atoms with van der Waals surface area (Å²) in [7, 11) is 0. The SMILES string of the molecule is Nc1ccc2cc(F)ccc2c1F. The zero-order valence-electron chi connectivity index (χ0n) is 6.72. The van der Waals surface area contributed by atoms with Crippen molar-refractivity contribution in [2.45, 2.75) is 0 Å². The second-order valence-electron chi connectivity index (χ2n) is 2.83. The minimum absolute atomic E-state index is 0.0825. The summed E-state index contributed by atoms with van der Waals surface area (Å²) in [4.78, 5) is 0. The molecular formula is C10H7F2N. The van der Waals surface area contributed by atoms with Crippen LogP contribution in [0.2, 0.25) is 0 Å². The van der Waals surface area contributed by atoms with E-state index >= 15 is 0 Å². The first-order chi connectivity index (χ1) is 6.18. The molecule has 3 heteroatoms. The maximum atomic E-state index is 13.3. The number of nitrogens with two attached hydrogens (primary N) is 1. The second kappa shape index (κ2) is 2.69. The van der Waals surface area contributed by atoms with Crippen LogP contribution < -0.4 is 5.73 Å². The summed E-state index contributed by atoms with van der Waals surface area (Å²) in [5.41, 5.74) is 5.44. The number of benzene rings is 2. The molecule has 0 saturated carbocycles. The molecule has 0 atom stereocenters. The summed E-state index contributed by atoms with van der Waals surface area (Å²) in [6.45, 7) is 0. The maximum absolute atomic E-state index is 13.3. The first kappa shape index (κ1) is 7.98. The van der Waals surface area contributed by atoms with Gasteiger partial charge in [-0.05, 0) is 29.7 Å². The fourth-order valence-electron chi connectivity index (χ4n) is 1.28. The van der Waals surface area contributed by atoms with Crippen molar-refractivity contribution in [2.75, 3.05) is 5.73 Å². The van der Waals surface area contributed by atoms with E-state index in [-0.39, 0.29) is 11.5 Å². The lowest BCUT2D eigenvalue weighted by Gasteiger charge is -2.01. The van der Waals surface area contributed by atoms with E-state index < -0.39 is 5.82 Å². The van der Waals surface area contributed by atoms with Crippen LogP contribution in [0.5, 0.6) is 0 Å². The quantitative estimate of drug-likeness (QED) is 0.618. The third kappa shape index (κ3) is 1.22. The Bertz CT molecular complexity index is 466. The van der Waals surface area contributed by atoms with Gasteiger partial charge in [0.05, 0.1) is 5.69 Å². The fourth-order valence-corrected chi connectivity index (χ4v) is 1.28. The molecule has 0 aromatic heterocycles. The normalized spacial score (nSPS) is 10.6. The van der Waals surface area contributed by atoms with Gasteiger partial charge in [0.1, 0.15) is 5.82 Å². The molecule has 0 aliphatic rings. The zero-order chi connectivity index (χ0) is 9.42. The highest BCUT2D eigenvalue weighted by atomic mass is 19.1. The van der Waals surface area contributed by atoms with Gasteiger partial charge in [0.15, 0.2) is 5.82 Å².